The molecule has 2 aromatic heterocycles. The average Bonchev–Trinajstić information content (AvgIpc) is 3.37. The number of aromatic nitrogens is 4. The monoisotopic (exact) mass is 566 g/mol. The number of aryl methyl sites for hydroxylation is 1. The third-order valence-corrected chi connectivity index (χ3v) is 9.22. The maximum atomic E-state index is 13.4. The second-order valence-electron chi connectivity index (χ2n) is 10.0. The number of fused-ring (bicyclic) bond motifs is 1. The van der Waals surface area contributed by atoms with Gasteiger partial charge in [-0.15, -0.1) is 10.2 Å². The lowest BCUT2D eigenvalue weighted by Crippen LogP contribution is -2.51. The van der Waals surface area contributed by atoms with Crippen molar-refractivity contribution in [3.8, 4) is 10.7 Å². The molecular formula is C23H28F2N8O3S2. The van der Waals surface area contributed by atoms with Gasteiger partial charge in [0.25, 0.3) is 6.43 Å². The third-order valence-electron chi connectivity index (χ3n) is 6.66. The van der Waals surface area contributed by atoms with E-state index in [4.69, 9.17) is 0 Å². The molecule has 5 rings (SSSR count). The first kappa shape index (κ1) is 26.6. The van der Waals surface area contributed by atoms with Crippen LogP contribution in [-0.4, -0.2) is 90.2 Å². The first-order chi connectivity index (χ1) is 17.9. The maximum Gasteiger partial charge on any atom is 0.319 e. The van der Waals surface area contributed by atoms with Gasteiger partial charge in [-0.2, -0.15) is 0 Å². The standard InChI is InChI=1S/C23H28F2N8O3S2/c1-13-26-17-15(18(27-13)20-28-29-21(37-20)19(24)25)11-14(38(35,36)30-23(2)5-6-23)12-16(17)32-7-9-33(10-8-32)22(34)31(3)4/h11-12,19,30H,5-10H2,1-4H3. The number of alkyl halides is 2. The number of piperazine rings is 1. The number of amides is 2. The molecule has 15 heteroatoms. The minimum Gasteiger partial charge on any atom is -0.366 e. The van der Waals surface area contributed by atoms with Crippen molar-refractivity contribution in [1.82, 2.24) is 34.7 Å². The van der Waals surface area contributed by atoms with Gasteiger partial charge in [0.15, 0.2) is 10.0 Å². The molecule has 0 spiro atoms. The number of rotatable bonds is 6. The first-order valence-corrected chi connectivity index (χ1v) is 14.4. The van der Waals surface area contributed by atoms with Crippen LogP contribution >= 0.6 is 11.3 Å². The van der Waals surface area contributed by atoms with E-state index in [1.807, 2.05) is 11.8 Å². The molecule has 1 aromatic carbocycles. The van der Waals surface area contributed by atoms with Crippen molar-refractivity contribution in [2.45, 2.75) is 43.5 Å². The van der Waals surface area contributed by atoms with Gasteiger partial charge in [-0.3, -0.25) is 0 Å². The number of urea groups is 1. The Hall–Kier alpha value is -3.04. The second-order valence-corrected chi connectivity index (χ2v) is 12.7. The third kappa shape index (κ3) is 5.14. The van der Waals surface area contributed by atoms with E-state index in [0.29, 0.717) is 59.9 Å². The van der Waals surface area contributed by atoms with Crippen LogP contribution in [0.3, 0.4) is 0 Å². The highest BCUT2D eigenvalue weighted by atomic mass is 32.2. The molecular weight excluding hydrogens is 538 g/mol. The predicted octanol–water partition coefficient (Wildman–Crippen LogP) is 3.03. The Morgan fingerprint density at radius 2 is 1.82 bits per heavy atom. The molecule has 0 unspecified atom stereocenters. The van der Waals surface area contributed by atoms with Crippen molar-refractivity contribution in [3.05, 3.63) is 23.0 Å². The summed E-state index contributed by atoms with van der Waals surface area (Å²) >= 11 is 0.709. The van der Waals surface area contributed by atoms with Crippen molar-refractivity contribution >= 4 is 44.0 Å². The molecule has 1 N–H and O–H groups in total. The summed E-state index contributed by atoms with van der Waals surface area (Å²) in [4.78, 5) is 26.8. The van der Waals surface area contributed by atoms with Crippen molar-refractivity contribution in [2.24, 2.45) is 0 Å². The van der Waals surface area contributed by atoms with Gasteiger partial charge in [0.1, 0.15) is 11.5 Å². The molecule has 3 heterocycles. The van der Waals surface area contributed by atoms with Gasteiger partial charge in [-0.1, -0.05) is 11.3 Å². The fourth-order valence-electron chi connectivity index (χ4n) is 4.37. The molecule has 1 saturated heterocycles. The van der Waals surface area contributed by atoms with Crippen molar-refractivity contribution in [1.29, 1.82) is 0 Å². The van der Waals surface area contributed by atoms with Gasteiger partial charge in [0, 0.05) is 51.2 Å². The summed E-state index contributed by atoms with van der Waals surface area (Å²) in [6.07, 6.45) is -1.31. The van der Waals surface area contributed by atoms with Crippen molar-refractivity contribution < 1.29 is 22.0 Å². The van der Waals surface area contributed by atoms with Crippen LogP contribution in [-0.2, 0) is 10.0 Å². The van der Waals surface area contributed by atoms with Crippen molar-refractivity contribution in [2.75, 3.05) is 45.2 Å². The Bertz CT molecular complexity index is 1500. The van der Waals surface area contributed by atoms with Crippen LogP contribution in [0.25, 0.3) is 21.6 Å². The van der Waals surface area contributed by atoms with Crippen LogP contribution in [0.4, 0.5) is 19.3 Å². The van der Waals surface area contributed by atoms with Gasteiger partial charge in [0.05, 0.1) is 16.1 Å². The number of carbonyl (C=O) groups excluding carboxylic acids is 1. The smallest absolute Gasteiger partial charge is 0.319 e. The highest BCUT2D eigenvalue weighted by Gasteiger charge is 2.41. The highest BCUT2D eigenvalue weighted by Crippen LogP contribution is 2.39. The zero-order valence-corrected chi connectivity index (χ0v) is 23.0. The Kier molecular flexibility index (Phi) is 6.72. The largest absolute Gasteiger partial charge is 0.366 e. The fraction of sp³-hybridized carbons (Fsp3) is 0.522. The minimum absolute atomic E-state index is 0.0206. The summed E-state index contributed by atoms with van der Waals surface area (Å²) in [5.41, 5.74) is 0.787. The lowest BCUT2D eigenvalue weighted by atomic mass is 10.1. The molecule has 11 nitrogen and oxygen atoms in total. The molecule has 38 heavy (non-hydrogen) atoms. The number of anilines is 1. The molecule has 1 aliphatic carbocycles. The number of benzene rings is 1. The highest BCUT2D eigenvalue weighted by molar-refractivity contribution is 7.89. The predicted molar refractivity (Wildman–Crippen MR) is 139 cm³/mol. The van der Waals surface area contributed by atoms with Gasteiger partial charge in [0.2, 0.25) is 10.0 Å². The minimum atomic E-state index is -3.92. The number of sulfonamides is 1. The zero-order valence-electron chi connectivity index (χ0n) is 21.4. The number of hydrogen-bond donors (Lipinski definition) is 1. The quantitative estimate of drug-likeness (QED) is 0.483. The summed E-state index contributed by atoms with van der Waals surface area (Å²) in [6.45, 7) is 5.31. The second kappa shape index (κ2) is 9.61. The van der Waals surface area contributed by atoms with Crippen LogP contribution in [0.2, 0.25) is 0 Å². The van der Waals surface area contributed by atoms with E-state index in [9.17, 15) is 22.0 Å². The summed E-state index contributed by atoms with van der Waals surface area (Å²) in [7, 11) is -0.532. The first-order valence-electron chi connectivity index (χ1n) is 12.1. The zero-order chi connectivity index (χ0) is 27.4. The van der Waals surface area contributed by atoms with Crippen LogP contribution in [0.5, 0.6) is 0 Å². The van der Waals surface area contributed by atoms with Crippen LogP contribution < -0.4 is 9.62 Å². The Morgan fingerprint density at radius 1 is 1.13 bits per heavy atom. The molecule has 2 aliphatic rings. The molecule has 3 aromatic rings. The van der Waals surface area contributed by atoms with Crippen LogP contribution in [0.1, 0.15) is 37.0 Å². The normalized spacial score (nSPS) is 17.3. The topological polar surface area (TPSA) is 125 Å². The maximum absolute atomic E-state index is 13.4. The summed E-state index contributed by atoms with van der Waals surface area (Å²) < 4.78 is 56.2. The summed E-state index contributed by atoms with van der Waals surface area (Å²) in [6, 6.07) is 2.96. The van der Waals surface area contributed by atoms with Crippen LogP contribution in [0, 0.1) is 6.92 Å². The number of nitrogens with zero attached hydrogens (tertiary/aromatic N) is 7. The molecule has 1 saturated carbocycles. The van der Waals surface area contributed by atoms with E-state index in [2.05, 4.69) is 24.9 Å². The Balaban J connectivity index is 1.64. The number of carbonyl (C=O) groups is 1. The number of hydrogen-bond acceptors (Lipinski definition) is 9. The lowest BCUT2D eigenvalue weighted by Gasteiger charge is -2.37. The molecule has 0 bridgehead atoms. The molecule has 2 amide bonds. The SMILES string of the molecule is Cc1nc(-c2nnc(C(F)F)s2)c2cc(S(=O)(=O)NC3(C)CC3)cc(N3CCN(C(=O)N(C)C)CC3)c2n1. The van der Waals surface area contributed by atoms with E-state index >= 15 is 0 Å². The Morgan fingerprint density at radius 3 is 2.39 bits per heavy atom. The summed E-state index contributed by atoms with van der Waals surface area (Å²) in [5.74, 6) is 0.378. The van der Waals surface area contributed by atoms with Gasteiger partial charge in [-0.25, -0.2) is 36.7 Å². The number of nitrogens with one attached hydrogen (secondary N) is 1. The van der Waals surface area contributed by atoms with Gasteiger partial charge in [-0.05, 0) is 38.8 Å². The van der Waals surface area contributed by atoms with E-state index < -0.39 is 27.0 Å². The van der Waals surface area contributed by atoms with E-state index in [0.717, 1.165) is 12.8 Å². The van der Waals surface area contributed by atoms with E-state index in [-0.39, 0.29) is 21.6 Å². The molecule has 1 aliphatic heterocycles. The fourth-order valence-corrected chi connectivity index (χ4v) is 6.59. The van der Waals surface area contributed by atoms with E-state index in [1.165, 1.54) is 11.0 Å². The molecule has 2 fully saturated rings. The summed E-state index contributed by atoms with van der Waals surface area (Å²) in [5, 5.41) is 7.58. The molecule has 0 radical (unpaired) electrons. The van der Waals surface area contributed by atoms with Gasteiger partial charge >= 0.3 is 6.03 Å². The average molecular weight is 567 g/mol. The molecule has 204 valence electrons. The van der Waals surface area contributed by atoms with Crippen LogP contribution in [0.15, 0.2) is 17.0 Å². The molecule has 0 atom stereocenters. The number of halogens is 2. The van der Waals surface area contributed by atoms with E-state index in [1.54, 1.807) is 32.0 Å². The van der Waals surface area contributed by atoms with Crippen molar-refractivity contribution in [3.63, 3.8) is 0 Å². The Labute approximate surface area is 222 Å². The lowest BCUT2D eigenvalue weighted by molar-refractivity contribution is 0.150. The van der Waals surface area contributed by atoms with Gasteiger partial charge < -0.3 is 14.7 Å².